The zero-order chi connectivity index (χ0) is 17.1. The highest BCUT2D eigenvalue weighted by atomic mass is 32.2. The van der Waals surface area contributed by atoms with E-state index in [-0.39, 0.29) is 31.4 Å². The third kappa shape index (κ3) is 4.73. The lowest BCUT2D eigenvalue weighted by Crippen LogP contribution is -2.59. The van der Waals surface area contributed by atoms with E-state index in [1.807, 2.05) is 0 Å². The molecule has 2 rings (SSSR count). The molecule has 1 aliphatic rings. The first-order valence-electron chi connectivity index (χ1n) is 7.32. The summed E-state index contributed by atoms with van der Waals surface area (Å²) in [6.07, 6.45) is 1.59. The van der Waals surface area contributed by atoms with E-state index in [1.54, 1.807) is 19.1 Å². The molecule has 8 heteroatoms. The van der Waals surface area contributed by atoms with Gasteiger partial charge in [0.1, 0.15) is 5.82 Å². The van der Waals surface area contributed by atoms with Crippen LogP contribution in [-0.2, 0) is 26.0 Å². The molecule has 1 amide bonds. The number of sulfonamides is 1. The van der Waals surface area contributed by atoms with Crippen LogP contribution in [0.5, 0.6) is 0 Å². The number of carbonyl (C=O) groups is 1. The minimum Gasteiger partial charge on any atom is -0.363 e. The van der Waals surface area contributed by atoms with E-state index in [9.17, 15) is 17.6 Å². The summed E-state index contributed by atoms with van der Waals surface area (Å²) < 4.78 is 43.1. The summed E-state index contributed by atoms with van der Waals surface area (Å²) in [6, 6.07) is 6.16. The number of nitrogens with one attached hydrogen (secondary N) is 1. The van der Waals surface area contributed by atoms with Crippen LogP contribution in [0.15, 0.2) is 24.3 Å². The lowest BCUT2D eigenvalue weighted by molar-refractivity contribution is -0.152. The molecule has 128 valence electrons. The van der Waals surface area contributed by atoms with E-state index >= 15 is 0 Å². The quantitative estimate of drug-likeness (QED) is 0.846. The second kappa shape index (κ2) is 6.94. The van der Waals surface area contributed by atoms with E-state index in [0.717, 1.165) is 11.8 Å². The van der Waals surface area contributed by atoms with Gasteiger partial charge in [0.15, 0.2) is 5.60 Å². The van der Waals surface area contributed by atoms with E-state index in [0.29, 0.717) is 13.0 Å². The second-order valence-corrected chi connectivity index (χ2v) is 7.79. The highest BCUT2D eigenvalue weighted by Crippen LogP contribution is 2.19. The highest BCUT2D eigenvalue weighted by molar-refractivity contribution is 7.88. The third-order valence-electron chi connectivity index (χ3n) is 3.78. The fourth-order valence-corrected chi connectivity index (χ4v) is 3.34. The maximum Gasteiger partial charge on any atom is 0.253 e. The summed E-state index contributed by atoms with van der Waals surface area (Å²) in [5, 5.41) is 2.72. The van der Waals surface area contributed by atoms with E-state index < -0.39 is 15.6 Å². The average molecular weight is 344 g/mol. The van der Waals surface area contributed by atoms with Crippen molar-refractivity contribution in [2.45, 2.75) is 18.9 Å². The Morgan fingerprint density at radius 2 is 2.22 bits per heavy atom. The van der Waals surface area contributed by atoms with E-state index in [4.69, 9.17) is 4.74 Å². The monoisotopic (exact) mass is 344 g/mol. The van der Waals surface area contributed by atoms with Gasteiger partial charge < -0.3 is 10.1 Å². The van der Waals surface area contributed by atoms with Crippen LogP contribution in [0.3, 0.4) is 0 Å². The minimum atomic E-state index is -3.37. The van der Waals surface area contributed by atoms with Crippen molar-refractivity contribution in [2.75, 3.05) is 32.5 Å². The molecule has 1 atom stereocenters. The summed E-state index contributed by atoms with van der Waals surface area (Å²) >= 11 is 0. The van der Waals surface area contributed by atoms with Gasteiger partial charge in [-0.15, -0.1) is 0 Å². The Kier molecular flexibility index (Phi) is 5.38. The van der Waals surface area contributed by atoms with Crippen LogP contribution < -0.4 is 5.32 Å². The molecule has 23 heavy (non-hydrogen) atoms. The van der Waals surface area contributed by atoms with Crippen LogP contribution in [0.2, 0.25) is 0 Å². The molecule has 0 aromatic heterocycles. The molecule has 0 aliphatic carbocycles. The van der Waals surface area contributed by atoms with Crippen molar-refractivity contribution in [2.24, 2.45) is 0 Å². The summed E-state index contributed by atoms with van der Waals surface area (Å²) in [4.78, 5) is 12.3. The lowest BCUT2D eigenvalue weighted by Gasteiger charge is -2.37. The largest absolute Gasteiger partial charge is 0.363 e. The molecule has 1 aliphatic heterocycles. The average Bonchev–Trinajstić information content (AvgIpc) is 2.46. The summed E-state index contributed by atoms with van der Waals surface area (Å²) in [5.74, 6) is -0.692. The molecule has 0 spiro atoms. The number of ether oxygens (including phenoxy) is 1. The number of carbonyl (C=O) groups excluding carboxylic acids is 1. The molecule has 0 bridgehead atoms. The van der Waals surface area contributed by atoms with Gasteiger partial charge in [0.25, 0.3) is 5.91 Å². The molecule has 1 fully saturated rings. The van der Waals surface area contributed by atoms with Crippen molar-refractivity contribution >= 4 is 15.9 Å². The Labute approximate surface area is 135 Å². The van der Waals surface area contributed by atoms with Gasteiger partial charge in [0.2, 0.25) is 10.0 Å². The third-order valence-corrected chi connectivity index (χ3v) is 5.03. The van der Waals surface area contributed by atoms with Crippen molar-refractivity contribution < 1.29 is 22.3 Å². The molecular weight excluding hydrogens is 323 g/mol. The van der Waals surface area contributed by atoms with Gasteiger partial charge in [-0.25, -0.2) is 12.8 Å². The van der Waals surface area contributed by atoms with Gasteiger partial charge in [-0.2, -0.15) is 4.31 Å². The standard InChI is InChI=1S/C15H21FN2O4S/c1-15(11-18(8-9-22-15)23(2,20)21)14(19)17-7-6-12-4-3-5-13(16)10-12/h3-5,10H,6-9,11H2,1-2H3,(H,17,19)/t15-/m0/s1. The molecule has 1 aromatic rings. The van der Waals surface area contributed by atoms with Crippen LogP contribution in [0, 0.1) is 5.82 Å². The Balaban J connectivity index is 1.91. The Morgan fingerprint density at radius 1 is 1.48 bits per heavy atom. The molecule has 0 saturated carbocycles. The Hall–Kier alpha value is -1.51. The first-order valence-corrected chi connectivity index (χ1v) is 9.17. The second-order valence-electron chi connectivity index (χ2n) is 5.81. The zero-order valence-corrected chi connectivity index (χ0v) is 14.0. The molecule has 0 unspecified atom stereocenters. The lowest BCUT2D eigenvalue weighted by atomic mass is 10.0. The maximum absolute atomic E-state index is 13.1. The number of hydrogen-bond donors (Lipinski definition) is 1. The molecule has 0 radical (unpaired) electrons. The Morgan fingerprint density at radius 3 is 2.87 bits per heavy atom. The fraction of sp³-hybridized carbons (Fsp3) is 0.533. The SMILES string of the molecule is C[C@@]1(C(=O)NCCc2cccc(F)c2)CN(S(C)(=O)=O)CCO1. The number of amides is 1. The molecule has 1 N–H and O–H groups in total. The molecule has 1 aromatic carbocycles. The number of rotatable bonds is 5. The molecule has 1 heterocycles. The van der Waals surface area contributed by atoms with Crippen molar-refractivity contribution in [3.05, 3.63) is 35.6 Å². The van der Waals surface area contributed by atoms with Crippen LogP contribution in [0.4, 0.5) is 4.39 Å². The van der Waals surface area contributed by atoms with Crippen molar-refractivity contribution in [1.29, 1.82) is 0 Å². The smallest absolute Gasteiger partial charge is 0.253 e. The van der Waals surface area contributed by atoms with Gasteiger partial charge >= 0.3 is 0 Å². The van der Waals surface area contributed by atoms with Crippen LogP contribution in [0.25, 0.3) is 0 Å². The number of hydrogen-bond acceptors (Lipinski definition) is 4. The number of benzene rings is 1. The number of halogens is 1. The van der Waals surface area contributed by atoms with Crippen LogP contribution >= 0.6 is 0 Å². The van der Waals surface area contributed by atoms with Gasteiger partial charge in [-0.1, -0.05) is 12.1 Å². The first-order chi connectivity index (χ1) is 10.7. The molecular formula is C15H21FN2O4S. The maximum atomic E-state index is 13.1. The highest BCUT2D eigenvalue weighted by Gasteiger charge is 2.41. The first kappa shape index (κ1) is 17.8. The van der Waals surface area contributed by atoms with Crippen molar-refractivity contribution in [3.63, 3.8) is 0 Å². The fourth-order valence-electron chi connectivity index (χ4n) is 2.45. The predicted molar refractivity (Wildman–Crippen MR) is 83.9 cm³/mol. The molecule has 1 saturated heterocycles. The molecule has 6 nitrogen and oxygen atoms in total. The van der Waals surface area contributed by atoms with E-state index in [2.05, 4.69) is 5.32 Å². The number of morpholine rings is 1. The van der Waals surface area contributed by atoms with Crippen molar-refractivity contribution in [3.8, 4) is 0 Å². The summed E-state index contributed by atoms with van der Waals surface area (Å²) in [5.41, 5.74) is -0.443. The zero-order valence-electron chi connectivity index (χ0n) is 13.2. The summed E-state index contributed by atoms with van der Waals surface area (Å²) in [7, 11) is -3.37. The van der Waals surface area contributed by atoms with Gasteiger partial charge in [-0.3, -0.25) is 4.79 Å². The normalized spacial score (nSPS) is 22.7. The van der Waals surface area contributed by atoms with Crippen LogP contribution in [0.1, 0.15) is 12.5 Å². The topological polar surface area (TPSA) is 75.7 Å². The predicted octanol–water partition coefficient (Wildman–Crippen LogP) is 0.535. The number of nitrogens with zero attached hydrogens (tertiary/aromatic N) is 1. The van der Waals surface area contributed by atoms with Gasteiger partial charge in [0.05, 0.1) is 19.4 Å². The van der Waals surface area contributed by atoms with Gasteiger partial charge in [-0.05, 0) is 31.0 Å². The van der Waals surface area contributed by atoms with Crippen molar-refractivity contribution in [1.82, 2.24) is 9.62 Å². The minimum absolute atomic E-state index is 0.0162. The van der Waals surface area contributed by atoms with Gasteiger partial charge in [0, 0.05) is 13.1 Å². The Bertz CT molecular complexity index is 680. The summed E-state index contributed by atoms with van der Waals surface area (Å²) in [6.45, 7) is 2.28. The van der Waals surface area contributed by atoms with E-state index in [1.165, 1.54) is 16.4 Å². The van der Waals surface area contributed by atoms with Crippen LogP contribution in [-0.4, -0.2) is 56.7 Å².